The van der Waals surface area contributed by atoms with Gasteiger partial charge in [0.1, 0.15) is 12.7 Å². The van der Waals surface area contributed by atoms with E-state index < -0.39 is 17.1 Å². The molecule has 4 rings (SSSR count). The highest BCUT2D eigenvalue weighted by Gasteiger charge is 2.30. The van der Waals surface area contributed by atoms with Gasteiger partial charge in [-0.25, -0.2) is 23.5 Å². The predicted molar refractivity (Wildman–Crippen MR) is 69.9 cm³/mol. The lowest BCUT2D eigenvalue weighted by molar-refractivity contribution is 0.0655. The van der Waals surface area contributed by atoms with Crippen molar-refractivity contribution in [1.82, 2.24) is 13.9 Å². The van der Waals surface area contributed by atoms with Crippen LogP contribution in [-0.2, 0) is 27.3 Å². The molecule has 0 saturated carbocycles. The molecule has 0 amide bonds. The van der Waals surface area contributed by atoms with Crippen LogP contribution >= 0.6 is 0 Å². The van der Waals surface area contributed by atoms with Crippen LogP contribution < -0.4 is 21.9 Å². The molecular formula is C12H15N3O7. The molecular weight excluding hydrogens is 298 g/mol. The molecule has 1 aromatic rings. The Morgan fingerprint density at radius 2 is 1.27 bits per heavy atom. The third-order valence-corrected chi connectivity index (χ3v) is 3.64. The van der Waals surface area contributed by atoms with Gasteiger partial charge in [-0.2, -0.15) is 0 Å². The van der Waals surface area contributed by atoms with E-state index in [9.17, 15) is 14.4 Å². The van der Waals surface area contributed by atoms with E-state index >= 15 is 0 Å². The summed E-state index contributed by atoms with van der Waals surface area (Å²) in [5.41, 5.74) is -2.25. The van der Waals surface area contributed by atoms with E-state index in [4.69, 9.17) is 19.0 Å². The molecule has 0 radical (unpaired) electrons. The van der Waals surface area contributed by atoms with Gasteiger partial charge in [0, 0.05) is 0 Å². The van der Waals surface area contributed by atoms with Gasteiger partial charge in [0.2, 0.25) is 0 Å². The summed E-state index contributed by atoms with van der Waals surface area (Å²) in [5.74, 6) is 0. The minimum atomic E-state index is -0.792. The van der Waals surface area contributed by atoms with Crippen LogP contribution in [-0.4, -0.2) is 58.6 Å². The molecule has 1 aromatic heterocycles. The zero-order valence-electron chi connectivity index (χ0n) is 11.7. The second-order valence-electron chi connectivity index (χ2n) is 5.53. The molecule has 10 nitrogen and oxygen atoms in total. The summed E-state index contributed by atoms with van der Waals surface area (Å²) in [5, 5.41) is 0. The average molecular weight is 313 g/mol. The molecule has 4 heterocycles. The first kappa shape index (κ1) is 13.7. The van der Waals surface area contributed by atoms with E-state index in [1.807, 2.05) is 0 Å². The van der Waals surface area contributed by atoms with Crippen LogP contribution in [0.2, 0.25) is 0 Å². The van der Waals surface area contributed by atoms with Crippen molar-refractivity contribution in [2.45, 2.75) is 31.4 Å². The van der Waals surface area contributed by atoms with Gasteiger partial charge in [0.05, 0.1) is 45.1 Å². The van der Waals surface area contributed by atoms with Crippen molar-refractivity contribution in [2.75, 3.05) is 26.4 Å². The van der Waals surface area contributed by atoms with Crippen LogP contribution in [0.3, 0.4) is 0 Å². The Morgan fingerprint density at radius 3 is 1.68 bits per heavy atom. The molecule has 0 aliphatic carbocycles. The van der Waals surface area contributed by atoms with Gasteiger partial charge < -0.3 is 19.0 Å². The first-order chi connectivity index (χ1) is 10.6. The predicted octanol–water partition coefficient (Wildman–Crippen LogP) is -3.20. The van der Waals surface area contributed by atoms with Crippen LogP contribution in [0.15, 0.2) is 14.4 Å². The lowest BCUT2D eigenvalue weighted by Gasteiger charge is -2.12. The molecule has 120 valence electrons. The highest BCUT2D eigenvalue weighted by Crippen LogP contribution is 2.10. The SMILES string of the molecule is O=c1n(CC2CO2)c(=O)n(OCC2CO2)c(=O)n1CC1CO1. The highest BCUT2D eigenvalue weighted by atomic mass is 16.7. The number of nitrogens with zero attached hydrogens (tertiary/aromatic N) is 3. The lowest BCUT2D eigenvalue weighted by Crippen LogP contribution is -2.57. The van der Waals surface area contributed by atoms with Crippen molar-refractivity contribution >= 4 is 0 Å². The summed E-state index contributed by atoms with van der Waals surface area (Å²) in [7, 11) is 0. The standard InChI is InChI=1S/C12H15N3O7/c16-10-13(1-7-3-19-7)11(17)15(22-6-9-5-21-9)12(18)14(10)2-8-4-20-8/h7-9H,1-6H2. The minimum absolute atomic E-state index is 0.0905. The Balaban J connectivity index is 1.74. The lowest BCUT2D eigenvalue weighted by atomic mass is 10.4. The zero-order chi connectivity index (χ0) is 15.3. The smallest absolute Gasteiger partial charge is 0.370 e. The quantitative estimate of drug-likeness (QED) is 0.487. The van der Waals surface area contributed by atoms with Crippen molar-refractivity contribution in [3.05, 3.63) is 31.5 Å². The summed E-state index contributed by atoms with van der Waals surface area (Å²) >= 11 is 0. The molecule has 0 N–H and O–H groups in total. The van der Waals surface area contributed by atoms with Gasteiger partial charge in [0.15, 0.2) is 0 Å². The Labute approximate surface area is 123 Å². The molecule has 22 heavy (non-hydrogen) atoms. The van der Waals surface area contributed by atoms with E-state index in [0.29, 0.717) is 24.6 Å². The number of aromatic nitrogens is 3. The second kappa shape index (κ2) is 5.07. The molecule has 3 atom stereocenters. The minimum Gasteiger partial charge on any atom is -0.402 e. The molecule has 3 saturated heterocycles. The van der Waals surface area contributed by atoms with Gasteiger partial charge in [-0.3, -0.25) is 0 Å². The Hall–Kier alpha value is -1.91. The van der Waals surface area contributed by atoms with E-state index in [-0.39, 0.29) is 38.0 Å². The molecule has 0 spiro atoms. The third-order valence-electron chi connectivity index (χ3n) is 3.64. The Kier molecular flexibility index (Phi) is 3.17. The fraction of sp³-hybridized carbons (Fsp3) is 0.750. The number of epoxide rings is 3. The van der Waals surface area contributed by atoms with E-state index in [1.165, 1.54) is 0 Å². The fourth-order valence-electron chi connectivity index (χ4n) is 2.11. The van der Waals surface area contributed by atoms with Gasteiger partial charge in [-0.05, 0) is 0 Å². The van der Waals surface area contributed by atoms with Crippen LogP contribution in [0.1, 0.15) is 0 Å². The third kappa shape index (κ3) is 2.72. The average Bonchev–Trinajstić information content (AvgIpc) is 3.36. The fourth-order valence-corrected chi connectivity index (χ4v) is 2.11. The topological polar surface area (TPSA) is 113 Å². The number of ether oxygens (including phenoxy) is 3. The largest absolute Gasteiger partial charge is 0.402 e. The van der Waals surface area contributed by atoms with Crippen molar-refractivity contribution < 1.29 is 19.0 Å². The van der Waals surface area contributed by atoms with E-state index in [2.05, 4.69) is 0 Å². The van der Waals surface area contributed by atoms with Crippen LogP contribution in [0.5, 0.6) is 0 Å². The van der Waals surface area contributed by atoms with E-state index in [0.717, 1.165) is 9.13 Å². The maximum Gasteiger partial charge on any atom is 0.370 e. The van der Waals surface area contributed by atoms with Crippen molar-refractivity contribution in [3.63, 3.8) is 0 Å². The van der Waals surface area contributed by atoms with Gasteiger partial charge in [-0.1, -0.05) is 4.73 Å². The van der Waals surface area contributed by atoms with Crippen molar-refractivity contribution in [2.24, 2.45) is 0 Å². The molecule has 3 aliphatic heterocycles. The van der Waals surface area contributed by atoms with E-state index in [1.54, 1.807) is 0 Å². The summed E-state index contributed by atoms with van der Waals surface area (Å²) < 4.78 is 17.6. The maximum absolute atomic E-state index is 12.4. The highest BCUT2D eigenvalue weighted by molar-refractivity contribution is 4.83. The monoisotopic (exact) mass is 313 g/mol. The first-order valence-corrected chi connectivity index (χ1v) is 7.08. The first-order valence-electron chi connectivity index (χ1n) is 7.08. The number of hydrogen-bond donors (Lipinski definition) is 0. The number of hydrogen-bond acceptors (Lipinski definition) is 7. The van der Waals surface area contributed by atoms with Gasteiger partial charge in [0.25, 0.3) is 0 Å². The van der Waals surface area contributed by atoms with Crippen molar-refractivity contribution in [1.29, 1.82) is 0 Å². The molecule has 3 unspecified atom stereocenters. The molecule has 10 heteroatoms. The molecule has 3 fully saturated rings. The molecule has 3 aliphatic rings. The van der Waals surface area contributed by atoms with Crippen LogP contribution in [0.4, 0.5) is 0 Å². The second-order valence-corrected chi connectivity index (χ2v) is 5.53. The molecule has 0 aromatic carbocycles. The van der Waals surface area contributed by atoms with Gasteiger partial charge in [-0.15, -0.1) is 0 Å². The Morgan fingerprint density at radius 1 is 0.818 bits per heavy atom. The van der Waals surface area contributed by atoms with Crippen molar-refractivity contribution in [3.8, 4) is 0 Å². The van der Waals surface area contributed by atoms with Crippen LogP contribution in [0, 0.1) is 0 Å². The molecule has 0 bridgehead atoms. The Bertz CT molecular complexity index is 699. The zero-order valence-corrected chi connectivity index (χ0v) is 11.7. The summed E-state index contributed by atoms with van der Waals surface area (Å²) in [6, 6.07) is 0. The normalized spacial score (nSPS) is 28.5. The van der Waals surface area contributed by atoms with Crippen LogP contribution in [0.25, 0.3) is 0 Å². The summed E-state index contributed by atoms with van der Waals surface area (Å²) in [4.78, 5) is 42.2. The maximum atomic E-state index is 12.4. The summed E-state index contributed by atoms with van der Waals surface area (Å²) in [6.07, 6.45) is -0.457. The summed E-state index contributed by atoms with van der Waals surface area (Å²) in [6.45, 7) is 1.82. The van der Waals surface area contributed by atoms with Gasteiger partial charge >= 0.3 is 17.1 Å². The number of rotatable bonds is 7.